The highest BCUT2D eigenvalue weighted by Crippen LogP contribution is 2.32. The lowest BCUT2D eigenvalue weighted by Gasteiger charge is -2.06. The first-order valence-corrected chi connectivity index (χ1v) is 8.34. The van der Waals surface area contributed by atoms with Crippen LogP contribution in [-0.2, 0) is 9.53 Å². The summed E-state index contributed by atoms with van der Waals surface area (Å²) in [4.78, 5) is 35.9. The van der Waals surface area contributed by atoms with Gasteiger partial charge < -0.3 is 19.5 Å². The van der Waals surface area contributed by atoms with E-state index in [1.54, 1.807) is 24.3 Å². The third-order valence-electron chi connectivity index (χ3n) is 3.24. The summed E-state index contributed by atoms with van der Waals surface area (Å²) in [5.74, 6) is -0.511. The van der Waals surface area contributed by atoms with E-state index in [9.17, 15) is 14.4 Å². The zero-order valence-corrected chi connectivity index (χ0v) is 14.3. The van der Waals surface area contributed by atoms with Crippen LogP contribution in [0, 0.1) is 0 Å². The molecule has 9 heteroatoms. The largest absolute Gasteiger partial charge is 0.456 e. The Morgan fingerprint density at radius 3 is 2.72 bits per heavy atom. The minimum atomic E-state index is -0.718. The predicted octanol–water partition coefficient (Wildman–Crippen LogP) is 2.29. The standard InChI is InChI=1S/C16H12ClNO6S/c17-14-4-3-13(25-14)10(19)7-22-15(20)6-18-16(21)9-1-2-11-12(5-9)24-8-23-11/h1-5H,6-8H2,(H,18,21). The zero-order valence-electron chi connectivity index (χ0n) is 12.7. The van der Waals surface area contributed by atoms with Gasteiger partial charge >= 0.3 is 5.97 Å². The Morgan fingerprint density at radius 1 is 1.16 bits per heavy atom. The molecule has 0 saturated heterocycles. The van der Waals surface area contributed by atoms with Crippen LogP contribution in [0.15, 0.2) is 30.3 Å². The second-order valence-electron chi connectivity index (χ2n) is 4.94. The fraction of sp³-hybridized carbons (Fsp3) is 0.188. The minimum Gasteiger partial charge on any atom is -0.456 e. The van der Waals surface area contributed by atoms with Gasteiger partial charge in [0, 0.05) is 5.56 Å². The van der Waals surface area contributed by atoms with Crippen molar-refractivity contribution in [2.24, 2.45) is 0 Å². The summed E-state index contributed by atoms with van der Waals surface area (Å²) in [6.07, 6.45) is 0. The molecule has 1 aliphatic rings. The number of nitrogens with one attached hydrogen (secondary N) is 1. The van der Waals surface area contributed by atoms with Gasteiger partial charge in [0.25, 0.3) is 5.91 Å². The van der Waals surface area contributed by atoms with Gasteiger partial charge in [-0.2, -0.15) is 0 Å². The molecule has 1 aromatic carbocycles. The van der Waals surface area contributed by atoms with Crippen LogP contribution < -0.4 is 14.8 Å². The SMILES string of the molecule is O=C(CNC(=O)c1ccc2c(c1)OCO2)OCC(=O)c1ccc(Cl)s1. The molecule has 1 aliphatic heterocycles. The van der Waals surface area contributed by atoms with Crippen molar-refractivity contribution >= 4 is 40.6 Å². The number of ether oxygens (including phenoxy) is 3. The molecule has 0 aliphatic carbocycles. The molecule has 7 nitrogen and oxygen atoms in total. The number of esters is 1. The van der Waals surface area contributed by atoms with Gasteiger partial charge in [-0.15, -0.1) is 11.3 Å². The van der Waals surface area contributed by atoms with Crippen molar-refractivity contribution in [2.45, 2.75) is 0 Å². The number of hydrogen-bond donors (Lipinski definition) is 1. The maximum absolute atomic E-state index is 12.0. The quantitative estimate of drug-likeness (QED) is 0.609. The lowest BCUT2D eigenvalue weighted by Crippen LogP contribution is -2.31. The van der Waals surface area contributed by atoms with E-state index in [4.69, 9.17) is 25.8 Å². The molecule has 3 rings (SSSR count). The molecule has 0 fully saturated rings. The van der Waals surface area contributed by atoms with Crippen LogP contribution in [0.25, 0.3) is 0 Å². The number of benzene rings is 1. The Hall–Kier alpha value is -2.58. The first-order valence-electron chi connectivity index (χ1n) is 7.15. The van der Waals surface area contributed by atoms with Crippen molar-refractivity contribution in [3.05, 3.63) is 45.1 Å². The van der Waals surface area contributed by atoms with E-state index in [0.717, 1.165) is 11.3 Å². The summed E-state index contributed by atoms with van der Waals surface area (Å²) >= 11 is 6.85. The average molecular weight is 382 g/mol. The third kappa shape index (κ3) is 4.28. The monoisotopic (exact) mass is 381 g/mol. The molecule has 0 bridgehead atoms. The molecule has 1 N–H and O–H groups in total. The zero-order chi connectivity index (χ0) is 17.8. The Morgan fingerprint density at radius 2 is 1.96 bits per heavy atom. The van der Waals surface area contributed by atoms with E-state index in [2.05, 4.69) is 5.32 Å². The second-order valence-corrected chi connectivity index (χ2v) is 6.65. The molecule has 2 aromatic rings. The van der Waals surface area contributed by atoms with Crippen molar-refractivity contribution in [3.63, 3.8) is 0 Å². The second kappa shape index (κ2) is 7.54. The van der Waals surface area contributed by atoms with Crippen molar-refractivity contribution in [1.29, 1.82) is 0 Å². The van der Waals surface area contributed by atoms with Gasteiger partial charge in [0.1, 0.15) is 6.54 Å². The van der Waals surface area contributed by atoms with E-state index >= 15 is 0 Å². The molecule has 130 valence electrons. The number of amides is 1. The minimum absolute atomic E-state index is 0.107. The van der Waals surface area contributed by atoms with Crippen LogP contribution in [0.5, 0.6) is 11.5 Å². The van der Waals surface area contributed by atoms with Gasteiger partial charge in [0.2, 0.25) is 12.6 Å². The summed E-state index contributed by atoms with van der Waals surface area (Å²) in [5.41, 5.74) is 0.321. The molecule has 2 heterocycles. The van der Waals surface area contributed by atoms with Crippen LogP contribution in [-0.4, -0.2) is 37.6 Å². The molecular formula is C16H12ClNO6S. The molecular weight excluding hydrogens is 370 g/mol. The predicted molar refractivity (Wildman–Crippen MR) is 89.5 cm³/mol. The Bertz CT molecular complexity index is 834. The summed E-state index contributed by atoms with van der Waals surface area (Å²) in [6, 6.07) is 7.84. The van der Waals surface area contributed by atoms with Crippen LogP contribution in [0.2, 0.25) is 4.34 Å². The average Bonchev–Trinajstić information content (AvgIpc) is 3.25. The van der Waals surface area contributed by atoms with Crippen molar-refractivity contribution in [1.82, 2.24) is 5.32 Å². The van der Waals surface area contributed by atoms with E-state index < -0.39 is 18.5 Å². The van der Waals surface area contributed by atoms with Gasteiger partial charge in [-0.05, 0) is 30.3 Å². The number of carbonyl (C=O) groups is 3. The number of hydrogen-bond acceptors (Lipinski definition) is 7. The van der Waals surface area contributed by atoms with E-state index in [1.807, 2.05) is 0 Å². The molecule has 0 atom stereocenters. The number of thiophene rings is 1. The lowest BCUT2D eigenvalue weighted by molar-refractivity contribution is -0.141. The number of carbonyl (C=O) groups excluding carboxylic acids is 3. The van der Waals surface area contributed by atoms with Crippen molar-refractivity contribution < 1.29 is 28.6 Å². The van der Waals surface area contributed by atoms with Gasteiger partial charge in [0.15, 0.2) is 18.1 Å². The number of rotatable bonds is 6. The first kappa shape index (κ1) is 17.2. The fourth-order valence-electron chi connectivity index (χ4n) is 2.02. The molecule has 0 saturated carbocycles. The van der Waals surface area contributed by atoms with Gasteiger partial charge in [-0.1, -0.05) is 11.6 Å². The summed E-state index contributed by atoms with van der Waals surface area (Å²) in [6.45, 7) is -0.655. The molecule has 1 amide bonds. The van der Waals surface area contributed by atoms with E-state index in [-0.39, 0.29) is 19.1 Å². The Balaban J connectivity index is 1.45. The fourth-order valence-corrected chi connectivity index (χ4v) is 2.99. The lowest BCUT2D eigenvalue weighted by atomic mass is 10.2. The summed E-state index contributed by atoms with van der Waals surface area (Å²) in [5, 5.41) is 2.42. The first-order chi connectivity index (χ1) is 12.0. The van der Waals surface area contributed by atoms with Gasteiger partial charge in [-0.25, -0.2) is 0 Å². The Labute approximate surface area is 151 Å². The highest BCUT2D eigenvalue weighted by Gasteiger charge is 2.17. The number of fused-ring (bicyclic) bond motifs is 1. The number of Topliss-reactive ketones (excluding diaryl/α,β-unsaturated/α-hetero) is 1. The van der Waals surface area contributed by atoms with Crippen LogP contribution in [0.3, 0.4) is 0 Å². The Kier molecular flexibility index (Phi) is 5.20. The van der Waals surface area contributed by atoms with Crippen molar-refractivity contribution in [3.8, 4) is 11.5 Å². The normalized spacial score (nSPS) is 11.9. The maximum Gasteiger partial charge on any atom is 0.325 e. The van der Waals surface area contributed by atoms with Crippen LogP contribution >= 0.6 is 22.9 Å². The van der Waals surface area contributed by atoms with Crippen molar-refractivity contribution in [2.75, 3.05) is 19.9 Å². The molecule has 25 heavy (non-hydrogen) atoms. The molecule has 1 aromatic heterocycles. The summed E-state index contributed by atoms with van der Waals surface area (Å²) in [7, 11) is 0. The molecule has 0 spiro atoms. The highest BCUT2D eigenvalue weighted by atomic mass is 35.5. The van der Waals surface area contributed by atoms with Gasteiger partial charge in [-0.3, -0.25) is 14.4 Å². The highest BCUT2D eigenvalue weighted by molar-refractivity contribution is 7.18. The number of ketones is 1. The topological polar surface area (TPSA) is 90.9 Å². The molecule has 0 unspecified atom stereocenters. The van der Waals surface area contributed by atoms with Crippen LogP contribution in [0.1, 0.15) is 20.0 Å². The smallest absolute Gasteiger partial charge is 0.325 e. The van der Waals surface area contributed by atoms with E-state index in [0.29, 0.717) is 26.3 Å². The number of halogens is 1. The van der Waals surface area contributed by atoms with Crippen LogP contribution in [0.4, 0.5) is 0 Å². The molecule has 0 radical (unpaired) electrons. The maximum atomic E-state index is 12.0. The van der Waals surface area contributed by atoms with E-state index in [1.165, 1.54) is 6.07 Å². The van der Waals surface area contributed by atoms with Gasteiger partial charge in [0.05, 0.1) is 9.21 Å². The summed E-state index contributed by atoms with van der Waals surface area (Å²) < 4.78 is 15.7. The third-order valence-corrected chi connectivity index (χ3v) is 4.51.